The first-order valence-corrected chi connectivity index (χ1v) is 7.70. The molecule has 1 aromatic heterocycles. The topological polar surface area (TPSA) is 74.2 Å². The molecule has 0 saturated heterocycles. The molecule has 3 N–H and O–H groups in total. The van der Waals surface area contributed by atoms with E-state index in [-0.39, 0.29) is 12.5 Å². The van der Waals surface area contributed by atoms with Crippen LogP contribution in [0.15, 0.2) is 72.7 Å². The average molecular weight is 321 g/mol. The predicted octanol–water partition coefficient (Wildman–Crippen LogP) is 2.22. The lowest BCUT2D eigenvalue weighted by atomic mass is 9.89. The molecule has 1 aromatic carbocycles. The highest BCUT2D eigenvalue weighted by molar-refractivity contribution is 5.93. The van der Waals surface area contributed by atoms with Crippen LogP contribution in [-0.2, 0) is 12.1 Å². The van der Waals surface area contributed by atoms with Crippen LogP contribution >= 0.6 is 0 Å². The first-order valence-electron chi connectivity index (χ1n) is 7.70. The van der Waals surface area contributed by atoms with Crippen LogP contribution in [0.4, 0.5) is 0 Å². The normalized spacial score (nSPS) is 19.3. The van der Waals surface area contributed by atoms with Gasteiger partial charge in [-0.05, 0) is 42.5 Å². The number of aromatic nitrogens is 1. The van der Waals surface area contributed by atoms with Crippen molar-refractivity contribution in [2.24, 2.45) is 0 Å². The van der Waals surface area contributed by atoms with Gasteiger partial charge in [-0.3, -0.25) is 9.78 Å². The standard InChI is InChI=1S/C19H19N3O2/c1-19(15-5-3-2-4-6-15)11-16(9-10-21-19)22-18(24)17-8-7-14(13-23)12-20-17/h2-12,21,23H,13H2,1H3,(H,22,24). The second-order valence-electron chi connectivity index (χ2n) is 5.81. The summed E-state index contributed by atoms with van der Waals surface area (Å²) in [6.07, 6.45) is 7.10. The number of carbonyl (C=O) groups is 1. The molecule has 2 heterocycles. The van der Waals surface area contributed by atoms with Gasteiger partial charge in [-0.2, -0.15) is 0 Å². The van der Waals surface area contributed by atoms with Crippen LogP contribution in [0.1, 0.15) is 28.5 Å². The number of benzene rings is 1. The van der Waals surface area contributed by atoms with E-state index in [0.29, 0.717) is 17.0 Å². The van der Waals surface area contributed by atoms with Crippen molar-refractivity contribution >= 4 is 5.91 Å². The fourth-order valence-corrected chi connectivity index (χ4v) is 2.58. The van der Waals surface area contributed by atoms with E-state index in [4.69, 9.17) is 5.11 Å². The van der Waals surface area contributed by atoms with Gasteiger partial charge in [0.15, 0.2) is 0 Å². The highest BCUT2D eigenvalue weighted by Gasteiger charge is 2.25. The van der Waals surface area contributed by atoms with E-state index in [1.165, 1.54) is 6.20 Å². The van der Waals surface area contributed by atoms with E-state index in [0.717, 1.165) is 5.56 Å². The van der Waals surface area contributed by atoms with Crippen molar-refractivity contribution in [3.8, 4) is 0 Å². The van der Waals surface area contributed by atoms with Crippen LogP contribution in [0.5, 0.6) is 0 Å². The molecule has 1 aliphatic rings. The molecule has 1 unspecified atom stereocenters. The number of nitrogens with one attached hydrogen (secondary N) is 2. The number of carbonyl (C=O) groups excluding carboxylic acids is 1. The molecule has 5 nitrogen and oxygen atoms in total. The zero-order valence-electron chi connectivity index (χ0n) is 13.4. The van der Waals surface area contributed by atoms with Gasteiger partial charge in [-0.25, -0.2) is 0 Å². The highest BCUT2D eigenvalue weighted by Crippen LogP contribution is 2.26. The van der Waals surface area contributed by atoms with Crippen LogP contribution in [0, 0.1) is 0 Å². The van der Waals surface area contributed by atoms with Gasteiger partial charge in [0.05, 0.1) is 12.1 Å². The lowest BCUT2D eigenvalue weighted by molar-refractivity contribution is 0.0961. The van der Waals surface area contributed by atoms with Gasteiger partial charge in [-0.15, -0.1) is 0 Å². The Balaban J connectivity index is 1.78. The molecule has 0 spiro atoms. The zero-order valence-corrected chi connectivity index (χ0v) is 13.4. The molecule has 24 heavy (non-hydrogen) atoms. The third-order valence-electron chi connectivity index (χ3n) is 3.96. The summed E-state index contributed by atoms with van der Waals surface area (Å²) in [6.45, 7) is 1.95. The maximum absolute atomic E-state index is 12.3. The zero-order chi connectivity index (χ0) is 17.0. The van der Waals surface area contributed by atoms with E-state index in [9.17, 15) is 4.79 Å². The molecular weight excluding hydrogens is 302 g/mol. The van der Waals surface area contributed by atoms with Gasteiger partial charge < -0.3 is 15.7 Å². The van der Waals surface area contributed by atoms with E-state index in [2.05, 4.69) is 15.6 Å². The number of dihydropyridines is 1. The maximum atomic E-state index is 12.3. The number of allylic oxidation sites excluding steroid dienone is 1. The van der Waals surface area contributed by atoms with Gasteiger partial charge in [0.25, 0.3) is 5.91 Å². The Kier molecular flexibility index (Phi) is 4.44. The minimum absolute atomic E-state index is 0.0934. The van der Waals surface area contributed by atoms with Crippen LogP contribution in [0.2, 0.25) is 0 Å². The fraction of sp³-hybridized carbons (Fsp3) is 0.158. The molecule has 0 saturated carbocycles. The number of rotatable bonds is 4. The van der Waals surface area contributed by atoms with Gasteiger partial charge in [0.1, 0.15) is 5.69 Å². The summed E-state index contributed by atoms with van der Waals surface area (Å²) < 4.78 is 0. The Morgan fingerprint density at radius 2 is 2.04 bits per heavy atom. The van der Waals surface area contributed by atoms with Crippen molar-refractivity contribution in [3.05, 3.63) is 89.5 Å². The van der Waals surface area contributed by atoms with E-state index in [1.807, 2.05) is 55.6 Å². The van der Waals surface area contributed by atoms with Crippen LogP contribution in [-0.4, -0.2) is 16.0 Å². The monoisotopic (exact) mass is 321 g/mol. The third-order valence-corrected chi connectivity index (χ3v) is 3.96. The van der Waals surface area contributed by atoms with Crippen molar-refractivity contribution in [2.75, 3.05) is 0 Å². The van der Waals surface area contributed by atoms with Crippen molar-refractivity contribution in [1.82, 2.24) is 15.6 Å². The average Bonchev–Trinajstić information content (AvgIpc) is 2.62. The van der Waals surface area contributed by atoms with Gasteiger partial charge in [-0.1, -0.05) is 36.4 Å². The number of hydrogen-bond donors (Lipinski definition) is 3. The molecule has 0 bridgehead atoms. The number of pyridine rings is 1. The summed E-state index contributed by atoms with van der Waals surface area (Å²) >= 11 is 0. The molecule has 0 fully saturated rings. The van der Waals surface area contributed by atoms with Crippen molar-refractivity contribution < 1.29 is 9.90 Å². The first-order chi connectivity index (χ1) is 11.6. The number of aliphatic hydroxyl groups excluding tert-OH is 1. The smallest absolute Gasteiger partial charge is 0.274 e. The number of hydrogen-bond acceptors (Lipinski definition) is 4. The summed E-state index contributed by atoms with van der Waals surface area (Å²) in [7, 11) is 0. The van der Waals surface area contributed by atoms with Crippen molar-refractivity contribution in [1.29, 1.82) is 0 Å². The van der Waals surface area contributed by atoms with Crippen LogP contribution in [0.3, 0.4) is 0 Å². The Hall–Kier alpha value is -2.92. The minimum Gasteiger partial charge on any atom is -0.392 e. The number of nitrogens with zero attached hydrogens (tertiary/aromatic N) is 1. The Labute approximate surface area is 140 Å². The summed E-state index contributed by atoms with van der Waals surface area (Å²) in [5.41, 5.74) is 2.39. The summed E-state index contributed by atoms with van der Waals surface area (Å²) in [5, 5.41) is 15.2. The molecule has 1 amide bonds. The Bertz CT molecular complexity index is 782. The first kappa shape index (κ1) is 16.0. The highest BCUT2D eigenvalue weighted by atomic mass is 16.3. The quantitative estimate of drug-likeness (QED) is 0.807. The molecule has 0 radical (unpaired) electrons. The lowest BCUT2D eigenvalue weighted by Gasteiger charge is -2.31. The van der Waals surface area contributed by atoms with E-state index in [1.54, 1.807) is 12.1 Å². The molecule has 2 aromatic rings. The summed E-state index contributed by atoms with van der Waals surface area (Å²) in [5.74, 6) is -0.285. The van der Waals surface area contributed by atoms with Crippen LogP contribution in [0.25, 0.3) is 0 Å². The molecule has 1 aliphatic heterocycles. The van der Waals surface area contributed by atoms with E-state index >= 15 is 0 Å². The minimum atomic E-state index is -0.396. The van der Waals surface area contributed by atoms with Crippen LogP contribution < -0.4 is 10.6 Å². The second-order valence-corrected chi connectivity index (χ2v) is 5.81. The summed E-state index contributed by atoms with van der Waals surface area (Å²) in [6, 6.07) is 13.3. The van der Waals surface area contributed by atoms with Gasteiger partial charge in [0.2, 0.25) is 0 Å². The van der Waals surface area contributed by atoms with Crippen molar-refractivity contribution in [3.63, 3.8) is 0 Å². The fourth-order valence-electron chi connectivity index (χ4n) is 2.58. The molecule has 1 atom stereocenters. The summed E-state index contributed by atoms with van der Waals surface area (Å²) in [4.78, 5) is 16.4. The maximum Gasteiger partial charge on any atom is 0.274 e. The Morgan fingerprint density at radius 3 is 2.71 bits per heavy atom. The molecule has 0 aliphatic carbocycles. The predicted molar refractivity (Wildman–Crippen MR) is 91.8 cm³/mol. The molecule has 5 heteroatoms. The van der Waals surface area contributed by atoms with Gasteiger partial charge >= 0.3 is 0 Å². The van der Waals surface area contributed by atoms with Crippen molar-refractivity contribution in [2.45, 2.75) is 19.1 Å². The van der Waals surface area contributed by atoms with Gasteiger partial charge in [0, 0.05) is 11.9 Å². The SMILES string of the molecule is CC1(c2ccccc2)C=C(NC(=O)c2ccc(CO)cn2)C=CN1. The number of amides is 1. The Morgan fingerprint density at radius 1 is 1.25 bits per heavy atom. The van der Waals surface area contributed by atoms with E-state index < -0.39 is 5.54 Å². The number of aliphatic hydroxyl groups is 1. The lowest BCUT2D eigenvalue weighted by Crippen LogP contribution is -2.38. The molecular formula is C19H19N3O2. The largest absolute Gasteiger partial charge is 0.392 e. The second kappa shape index (κ2) is 6.68. The molecule has 3 rings (SSSR count). The third kappa shape index (κ3) is 3.36. The molecule has 122 valence electrons.